The first kappa shape index (κ1) is 28.2. The minimum atomic E-state index is -0.761. The molecule has 0 amide bonds. The third kappa shape index (κ3) is 9.19. The summed E-state index contributed by atoms with van der Waals surface area (Å²) >= 11 is 0. The second-order valence-corrected chi connectivity index (χ2v) is 9.27. The molecule has 3 N–H and O–H groups in total. The molecule has 5 nitrogen and oxygen atoms in total. The molecule has 2 atom stereocenters. The number of ether oxygens (including phenoxy) is 1. The van der Waals surface area contributed by atoms with E-state index in [1.54, 1.807) is 12.1 Å². The SMILES string of the molecule is CCc1cccc(CNC[C@@H](OC(=O)CCC(=O)c2ccc(C)cc2)[C@@H](N)Cc2cc(F)cc(F)c2)c1. The van der Waals surface area contributed by atoms with E-state index in [0.717, 1.165) is 23.6 Å². The fourth-order valence-corrected chi connectivity index (χ4v) is 4.06. The molecule has 0 aliphatic heterocycles. The van der Waals surface area contributed by atoms with Crippen LogP contribution in [0.5, 0.6) is 0 Å². The van der Waals surface area contributed by atoms with Crippen molar-refractivity contribution in [2.24, 2.45) is 5.73 Å². The Kier molecular flexibility index (Phi) is 10.5. The van der Waals surface area contributed by atoms with E-state index >= 15 is 0 Å². The first-order valence-corrected chi connectivity index (χ1v) is 12.5. The summed E-state index contributed by atoms with van der Waals surface area (Å²) in [5, 5.41) is 3.27. The van der Waals surface area contributed by atoms with Crippen LogP contribution >= 0.6 is 0 Å². The van der Waals surface area contributed by atoms with Crippen molar-refractivity contribution in [3.63, 3.8) is 0 Å². The highest BCUT2D eigenvalue weighted by Crippen LogP contribution is 2.14. The Labute approximate surface area is 217 Å². The molecule has 196 valence electrons. The Bertz CT molecular complexity index is 1180. The van der Waals surface area contributed by atoms with Gasteiger partial charge in [0.05, 0.1) is 6.42 Å². The lowest BCUT2D eigenvalue weighted by Gasteiger charge is -2.25. The van der Waals surface area contributed by atoms with E-state index < -0.39 is 29.7 Å². The molecule has 0 aliphatic carbocycles. The molecule has 3 rings (SSSR count). The van der Waals surface area contributed by atoms with E-state index in [0.29, 0.717) is 17.7 Å². The summed E-state index contributed by atoms with van der Waals surface area (Å²) in [5.41, 5.74) is 10.6. The highest BCUT2D eigenvalue weighted by molar-refractivity contribution is 5.97. The molecule has 3 aromatic carbocycles. The predicted molar refractivity (Wildman–Crippen MR) is 140 cm³/mol. The van der Waals surface area contributed by atoms with Crippen LogP contribution < -0.4 is 11.1 Å². The van der Waals surface area contributed by atoms with Gasteiger partial charge >= 0.3 is 5.97 Å². The minimum absolute atomic E-state index is 0.0101. The van der Waals surface area contributed by atoms with E-state index in [-0.39, 0.29) is 31.6 Å². The van der Waals surface area contributed by atoms with Gasteiger partial charge in [0.2, 0.25) is 0 Å². The molecule has 0 radical (unpaired) electrons. The number of ketones is 1. The largest absolute Gasteiger partial charge is 0.459 e. The Hall–Kier alpha value is -3.42. The van der Waals surface area contributed by atoms with Crippen LogP contribution in [0.2, 0.25) is 0 Å². The van der Waals surface area contributed by atoms with Crippen molar-refractivity contribution >= 4 is 11.8 Å². The van der Waals surface area contributed by atoms with Crippen molar-refractivity contribution in [1.29, 1.82) is 0 Å². The van der Waals surface area contributed by atoms with Gasteiger partial charge in [0, 0.05) is 37.2 Å². The van der Waals surface area contributed by atoms with Crippen molar-refractivity contribution in [1.82, 2.24) is 5.32 Å². The Morgan fingerprint density at radius 1 is 0.919 bits per heavy atom. The Morgan fingerprint density at radius 3 is 2.27 bits per heavy atom. The Balaban J connectivity index is 1.62. The number of nitrogens with two attached hydrogens (primary N) is 1. The molecule has 0 fully saturated rings. The third-order valence-electron chi connectivity index (χ3n) is 6.16. The second-order valence-electron chi connectivity index (χ2n) is 9.27. The van der Waals surface area contributed by atoms with Gasteiger partial charge in [-0.1, -0.05) is 61.0 Å². The summed E-state index contributed by atoms with van der Waals surface area (Å²) in [7, 11) is 0. The van der Waals surface area contributed by atoms with Crippen LogP contribution in [-0.2, 0) is 28.9 Å². The lowest BCUT2D eigenvalue weighted by atomic mass is 10.0. The van der Waals surface area contributed by atoms with E-state index in [9.17, 15) is 18.4 Å². The number of hydrogen-bond acceptors (Lipinski definition) is 5. The highest BCUT2D eigenvalue weighted by Gasteiger charge is 2.23. The summed E-state index contributed by atoms with van der Waals surface area (Å²) in [6.07, 6.45) is 0.189. The van der Waals surface area contributed by atoms with Gasteiger partial charge < -0.3 is 15.8 Å². The summed E-state index contributed by atoms with van der Waals surface area (Å²) < 4.78 is 33.0. The summed E-state index contributed by atoms with van der Waals surface area (Å²) in [4.78, 5) is 25.1. The van der Waals surface area contributed by atoms with Crippen molar-refractivity contribution in [2.75, 3.05) is 6.54 Å². The molecule has 0 saturated carbocycles. The average Bonchev–Trinajstić information content (AvgIpc) is 2.86. The maximum Gasteiger partial charge on any atom is 0.306 e. The molecule has 0 saturated heterocycles. The summed E-state index contributed by atoms with van der Waals surface area (Å²) in [6, 6.07) is 17.8. The quantitative estimate of drug-likeness (QED) is 0.249. The van der Waals surface area contributed by atoms with Crippen LogP contribution in [0.1, 0.15) is 52.4 Å². The number of nitrogens with one attached hydrogen (secondary N) is 1. The predicted octanol–water partition coefficient (Wildman–Crippen LogP) is 5.07. The lowest BCUT2D eigenvalue weighted by Crippen LogP contribution is -2.46. The zero-order valence-electron chi connectivity index (χ0n) is 21.3. The van der Waals surface area contributed by atoms with Gasteiger partial charge in [-0.3, -0.25) is 9.59 Å². The number of Topliss-reactive ketones (excluding diaryl/α,β-unsaturated/α-hetero) is 1. The number of halogens is 2. The van der Waals surface area contributed by atoms with Crippen LogP contribution in [0.3, 0.4) is 0 Å². The first-order chi connectivity index (χ1) is 17.7. The summed E-state index contributed by atoms with van der Waals surface area (Å²) in [6.45, 7) is 4.80. The number of rotatable bonds is 13. The smallest absolute Gasteiger partial charge is 0.306 e. The molecule has 0 bridgehead atoms. The van der Waals surface area contributed by atoms with E-state index in [4.69, 9.17) is 10.5 Å². The number of hydrogen-bond donors (Lipinski definition) is 2. The molecule has 37 heavy (non-hydrogen) atoms. The fourth-order valence-electron chi connectivity index (χ4n) is 4.06. The van der Waals surface area contributed by atoms with E-state index in [1.807, 2.05) is 31.2 Å². The highest BCUT2D eigenvalue weighted by atomic mass is 19.1. The molecule has 0 spiro atoms. The first-order valence-electron chi connectivity index (χ1n) is 12.5. The zero-order chi connectivity index (χ0) is 26.8. The number of carbonyl (C=O) groups is 2. The molecule has 0 heterocycles. The van der Waals surface area contributed by atoms with Crippen LogP contribution in [-0.4, -0.2) is 30.4 Å². The second kappa shape index (κ2) is 13.8. The average molecular weight is 509 g/mol. The lowest BCUT2D eigenvalue weighted by molar-refractivity contribution is -0.149. The fraction of sp³-hybridized carbons (Fsp3) is 0.333. The van der Waals surface area contributed by atoms with Crippen LogP contribution in [0.4, 0.5) is 8.78 Å². The zero-order valence-corrected chi connectivity index (χ0v) is 21.3. The van der Waals surface area contributed by atoms with Crippen molar-refractivity contribution in [2.45, 2.75) is 58.2 Å². The van der Waals surface area contributed by atoms with Crippen molar-refractivity contribution < 1.29 is 23.1 Å². The molecule has 0 unspecified atom stereocenters. The van der Waals surface area contributed by atoms with Gasteiger partial charge in [-0.25, -0.2) is 8.78 Å². The molecule has 0 aromatic heterocycles. The normalized spacial score (nSPS) is 12.7. The van der Waals surface area contributed by atoms with Crippen LogP contribution in [0.15, 0.2) is 66.7 Å². The van der Waals surface area contributed by atoms with Crippen molar-refractivity contribution in [3.8, 4) is 0 Å². The van der Waals surface area contributed by atoms with Gasteiger partial charge in [0.1, 0.15) is 17.7 Å². The molecular weight excluding hydrogens is 474 g/mol. The maximum atomic E-state index is 13.7. The van der Waals surface area contributed by atoms with Gasteiger partial charge in [0.25, 0.3) is 0 Å². The molecule has 7 heteroatoms. The van der Waals surface area contributed by atoms with Gasteiger partial charge in [0.15, 0.2) is 5.78 Å². The topological polar surface area (TPSA) is 81.4 Å². The van der Waals surface area contributed by atoms with Gasteiger partial charge in [-0.15, -0.1) is 0 Å². The molecule has 3 aromatic rings. The third-order valence-corrected chi connectivity index (χ3v) is 6.16. The number of esters is 1. The molecular formula is C30H34F2N2O3. The Morgan fingerprint density at radius 2 is 1.59 bits per heavy atom. The molecule has 0 aliphatic rings. The summed E-state index contributed by atoms with van der Waals surface area (Å²) in [5.74, 6) is -2.10. The van der Waals surface area contributed by atoms with E-state index in [1.165, 1.54) is 17.7 Å². The van der Waals surface area contributed by atoms with Crippen LogP contribution in [0, 0.1) is 18.6 Å². The van der Waals surface area contributed by atoms with Crippen molar-refractivity contribution in [3.05, 3.63) is 106 Å². The number of benzene rings is 3. The number of aryl methyl sites for hydroxylation is 2. The maximum absolute atomic E-state index is 13.7. The standard InChI is InChI=1S/C30H34F2N2O3/c1-3-21-5-4-6-22(13-21)18-34-19-29(27(33)16-23-14-25(31)17-26(32)15-23)37-30(36)12-11-28(35)24-9-7-20(2)8-10-24/h4-10,13-15,17,27,29,34H,3,11-12,16,18-19,33H2,1-2H3/t27-,29+/m0/s1. The minimum Gasteiger partial charge on any atom is -0.459 e. The van der Waals surface area contributed by atoms with Crippen LogP contribution in [0.25, 0.3) is 0 Å². The monoisotopic (exact) mass is 508 g/mol. The van der Waals surface area contributed by atoms with E-state index in [2.05, 4.69) is 24.4 Å². The van der Waals surface area contributed by atoms with Gasteiger partial charge in [-0.05, 0) is 48.6 Å². The van der Waals surface area contributed by atoms with Gasteiger partial charge in [-0.2, -0.15) is 0 Å². The number of carbonyl (C=O) groups excluding carboxylic acids is 2.